The third kappa shape index (κ3) is 2.35. The zero-order valence-electron chi connectivity index (χ0n) is 11.7. The molecule has 3 aromatic rings. The summed E-state index contributed by atoms with van der Waals surface area (Å²) >= 11 is 0. The van der Waals surface area contributed by atoms with Gasteiger partial charge in [0.15, 0.2) is 0 Å². The van der Waals surface area contributed by atoms with Crippen molar-refractivity contribution < 1.29 is 5.11 Å². The summed E-state index contributed by atoms with van der Waals surface area (Å²) in [5.41, 5.74) is 3.45. The number of rotatable bonds is 3. The third-order valence-corrected chi connectivity index (χ3v) is 3.28. The van der Waals surface area contributed by atoms with E-state index in [1.165, 1.54) is 0 Å². The molecule has 0 spiro atoms. The van der Waals surface area contributed by atoms with Crippen molar-refractivity contribution in [2.45, 2.75) is 13.2 Å². The second kappa shape index (κ2) is 5.15. The van der Waals surface area contributed by atoms with Gasteiger partial charge >= 0.3 is 0 Å². The molecule has 0 unspecified atom stereocenters. The minimum atomic E-state index is -0.0519. The molecule has 0 radical (unpaired) electrons. The average Bonchev–Trinajstić information content (AvgIpc) is 2.46. The lowest BCUT2D eigenvalue weighted by atomic mass is 10.1. The van der Waals surface area contributed by atoms with Gasteiger partial charge < -0.3 is 10.0 Å². The molecular formula is C16H17N3O. The van der Waals surface area contributed by atoms with Gasteiger partial charge in [0, 0.05) is 17.3 Å². The maximum atomic E-state index is 9.25. The summed E-state index contributed by atoms with van der Waals surface area (Å²) in [6.07, 6.45) is 0. The van der Waals surface area contributed by atoms with Gasteiger partial charge in [0.1, 0.15) is 0 Å². The lowest BCUT2D eigenvalue weighted by Crippen LogP contribution is -2.11. The summed E-state index contributed by atoms with van der Waals surface area (Å²) in [6, 6.07) is 12.0. The standard InChI is InChI=1S/C16H17N3O/c1-19(2)9-13-7-5-11-3-4-12-6-8-14(10-20)18-16(12)15(11)17-13/h3-8,20H,9-10H2,1-2H3. The van der Waals surface area contributed by atoms with Crippen molar-refractivity contribution in [3.8, 4) is 0 Å². The fraction of sp³-hybridized carbons (Fsp3) is 0.250. The molecule has 0 amide bonds. The van der Waals surface area contributed by atoms with Crippen LogP contribution in [0.15, 0.2) is 36.4 Å². The van der Waals surface area contributed by atoms with Crippen LogP contribution in [0.3, 0.4) is 0 Å². The molecule has 0 saturated heterocycles. The Morgan fingerprint density at radius 3 is 1.90 bits per heavy atom. The molecule has 0 saturated carbocycles. The van der Waals surface area contributed by atoms with E-state index in [0.717, 1.165) is 34.0 Å². The minimum absolute atomic E-state index is 0.0519. The molecule has 20 heavy (non-hydrogen) atoms. The van der Waals surface area contributed by atoms with Crippen LogP contribution >= 0.6 is 0 Å². The smallest absolute Gasteiger partial charge is 0.0969 e. The van der Waals surface area contributed by atoms with Crippen molar-refractivity contribution in [1.82, 2.24) is 14.9 Å². The first-order valence-electron chi connectivity index (χ1n) is 6.61. The first-order chi connectivity index (χ1) is 9.67. The summed E-state index contributed by atoms with van der Waals surface area (Å²) in [5.74, 6) is 0. The fourth-order valence-corrected chi connectivity index (χ4v) is 2.35. The Hall–Kier alpha value is -2.04. The molecule has 0 atom stereocenters. The number of benzene rings is 1. The average molecular weight is 267 g/mol. The summed E-state index contributed by atoms with van der Waals surface area (Å²) in [7, 11) is 4.05. The van der Waals surface area contributed by atoms with Gasteiger partial charge in [-0.05, 0) is 26.2 Å². The van der Waals surface area contributed by atoms with Gasteiger partial charge in [0.25, 0.3) is 0 Å². The molecule has 4 heteroatoms. The van der Waals surface area contributed by atoms with Crippen LogP contribution in [0.2, 0.25) is 0 Å². The van der Waals surface area contributed by atoms with Crippen LogP contribution in [0.5, 0.6) is 0 Å². The molecule has 0 bridgehead atoms. The van der Waals surface area contributed by atoms with Gasteiger partial charge in [-0.25, -0.2) is 9.97 Å². The van der Waals surface area contributed by atoms with Crippen molar-refractivity contribution in [1.29, 1.82) is 0 Å². The molecule has 2 heterocycles. The molecule has 1 aromatic carbocycles. The zero-order valence-corrected chi connectivity index (χ0v) is 11.7. The number of aliphatic hydroxyl groups excluding tert-OH is 1. The quantitative estimate of drug-likeness (QED) is 0.740. The molecule has 0 aliphatic rings. The van der Waals surface area contributed by atoms with Gasteiger partial charge in [-0.15, -0.1) is 0 Å². The Balaban J connectivity index is 2.26. The van der Waals surface area contributed by atoms with Crippen LogP contribution < -0.4 is 0 Å². The van der Waals surface area contributed by atoms with E-state index in [1.54, 1.807) is 0 Å². The first-order valence-corrected chi connectivity index (χ1v) is 6.61. The van der Waals surface area contributed by atoms with E-state index in [4.69, 9.17) is 4.98 Å². The predicted molar refractivity (Wildman–Crippen MR) is 80.4 cm³/mol. The van der Waals surface area contributed by atoms with E-state index in [1.807, 2.05) is 38.4 Å². The lowest BCUT2D eigenvalue weighted by molar-refractivity contribution is 0.277. The van der Waals surface area contributed by atoms with Gasteiger partial charge in [-0.2, -0.15) is 0 Å². The van der Waals surface area contributed by atoms with Crippen molar-refractivity contribution in [3.05, 3.63) is 47.8 Å². The number of aliphatic hydroxyl groups is 1. The van der Waals surface area contributed by atoms with Crippen LogP contribution in [0.4, 0.5) is 0 Å². The lowest BCUT2D eigenvalue weighted by Gasteiger charge is -2.10. The number of pyridine rings is 2. The van der Waals surface area contributed by atoms with E-state index < -0.39 is 0 Å². The Labute approximate surface area is 117 Å². The minimum Gasteiger partial charge on any atom is -0.390 e. The highest BCUT2D eigenvalue weighted by atomic mass is 16.3. The third-order valence-electron chi connectivity index (χ3n) is 3.28. The van der Waals surface area contributed by atoms with Gasteiger partial charge in [-0.1, -0.05) is 24.3 Å². The van der Waals surface area contributed by atoms with Crippen molar-refractivity contribution in [2.75, 3.05) is 14.1 Å². The molecule has 0 aliphatic heterocycles. The Morgan fingerprint density at radius 1 is 0.850 bits per heavy atom. The van der Waals surface area contributed by atoms with Crippen LogP contribution in [0.25, 0.3) is 21.8 Å². The highest BCUT2D eigenvalue weighted by Crippen LogP contribution is 2.23. The van der Waals surface area contributed by atoms with E-state index >= 15 is 0 Å². The summed E-state index contributed by atoms with van der Waals surface area (Å²) in [4.78, 5) is 11.3. The normalized spacial score (nSPS) is 11.6. The van der Waals surface area contributed by atoms with Crippen LogP contribution in [0, 0.1) is 0 Å². The van der Waals surface area contributed by atoms with Gasteiger partial charge in [0.2, 0.25) is 0 Å². The molecule has 4 nitrogen and oxygen atoms in total. The molecule has 0 aliphatic carbocycles. The van der Waals surface area contributed by atoms with Crippen LogP contribution in [-0.2, 0) is 13.2 Å². The number of fused-ring (bicyclic) bond motifs is 3. The number of nitrogens with zero attached hydrogens (tertiary/aromatic N) is 3. The topological polar surface area (TPSA) is 49.2 Å². The van der Waals surface area contributed by atoms with E-state index in [2.05, 4.69) is 22.0 Å². The molecule has 102 valence electrons. The molecule has 2 aromatic heterocycles. The highest BCUT2D eigenvalue weighted by Gasteiger charge is 2.06. The van der Waals surface area contributed by atoms with Crippen molar-refractivity contribution in [3.63, 3.8) is 0 Å². The summed E-state index contributed by atoms with van der Waals surface area (Å²) in [5, 5.41) is 11.4. The first kappa shape index (κ1) is 13.0. The van der Waals surface area contributed by atoms with Gasteiger partial charge in [-0.3, -0.25) is 0 Å². The zero-order chi connectivity index (χ0) is 14.1. The molecule has 0 fully saturated rings. The van der Waals surface area contributed by atoms with Crippen LogP contribution in [0.1, 0.15) is 11.4 Å². The Bertz CT molecular complexity index is 768. The summed E-state index contributed by atoms with van der Waals surface area (Å²) < 4.78 is 0. The van der Waals surface area contributed by atoms with Gasteiger partial charge in [0.05, 0.1) is 29.0 Å². The maximum Gasteiger partial charge on any atom is 0.0969 e. The predicted octanol–water partition coefficient (Wildman–Crippen LogP) is 2.34. The van der Waals surface area contributed by atoms with E-state index in [0.29, 0.717) is 5.69 Å². The van der Waals surface area contributed by atoms with Crippen molar-refractivity contribution >= 4 is 21.8 Å². The largest absolute Gasteiger partial charge is 0.390 e. The second-order valence-electron chi connectivity index (χ2n) is 5.21. The number of hydrogen-bond acceptors (Lipinski definition) is 4. The SMILES string of the molecule is CN(C)Cc1ccc2ccc3ccc(CO)nc3c2n1. The molecule has 3 rings (SSSR count). The Morgan fingerprint density at radius 2 is 1.35 bits per heavy atom. The Kier molecular flexibility index (Phi) is 3.34. The monoisotopic (exact) mass is 267 g/mol. The molecular weight excluding hydrogens is 250 g/mol. The van der Waals surface area contributed by atoms with Crippen LogP contribution in [-0.4, -0.2) is 34.1 Å². The molecule has 1 N–H and O–H groups in total. The second-order valence-corrected chi connectivity index (χ2v) is 5.21. The number of aromatic nitrogens is 2. The van der Waals surface area contributed by atoms with Crippen molar-refractivity contribution in [2.24, 2.45) is 0 Å². The summed E-state index contributed by atoms with van der Waals surface area (Å²) in [6.45, 7) is 0.746. The highest BCUT2D eigenvalue weighted by molar-refractivity contribution is 6.02. The number of hydrogen-bond donors (Lipinski definition) is 1. The fourth-order valence-electron chi connectivity index (χ4n) is 2.35. The van der Waals surface area contributed by atoms with E-state index in [9.17, 15) is 5.11 Å². The maximum absolute atomic E-state index is 9.25. The van der Waals surface area contributed by atoms with E-state index in [-0.39, 0.29) is 6.61 Å².